The molecule has 0 aromatic heterocycles. The van der Waals surface area contributed by atoms with Gasteiger partial charge in [-0.1, -0.05) is 36.4 Å². The third-order valence-corrected chi connectivity index (χ3v) is 5.15. The predicted molar refractivity (Wildman–Crippen MR) is 99.9 cm³/mol. The maximum atomic E-state index is 12.6. The predicted octanol–water partition coefficient (Wildman–Crippen LogP) is 3.92. The molecule has 3 rings (SSSR count). The number of amides is 1. The second kappa shape index (κ2) is 7.80. The molecule has 1 heterocycles. The maximum absolute atomic E-state index is 12.6. The van der Waals surface area contributed by atoms with Crippen LogP contribution in [0.4, 0.5) is 0 Å². The topological polar surface area (TPSA) is 23.6 Å². The van der Waals surface area contributed by atoms with Gasteiger partial charge in [-0.05, 0) is 55.6 Å². The number of carbonyl (C=O) groups is 1. The number of hydrogen-bond donors (Lipinski definition) is 0. The van der Waals surface area contributed by atoms with Crippen LogP contribution in [0.5, 0.6) is 0 Å². The van der Waals surface area contributed by atoms with Gasteiger partial charge in [-0.15, -0.1) is 0 Å². The van der Waals surface area contributed by atoms with E-state index in [0.29, 0.717) is 5.91 Å². The number of nitrogens with zero attached hydrogens (tertiary/aromatic N) is 2. The quantitative estimate of drug-likeness (QED) is 0.832. The van der Waals surface area contributed by atoms with E-state index in [2.05, 4.69) is 61.2 Å². The summed E-state index contributed by atoms with van der Waals surface area (Å²) >= 11 is 0. The summed E-state index contributed by atoms with van der Waals surface area (Å²) in [5.41, 5.74) is 1.34. The van der Waals surface area contributed by atoms with Crippen LogP contribution < -0.4 is 0 Å². The summed E-state index contributed by atoms with van der Waals surface area (Å²) in [5.74, 6) is 0.502. The van der Waals surface area contributed by atoms with Crippen molar-refractivity contribution < 1.29 is 4.79 Å². The smallest absolute Gasteiger partial charge is 0.226 e. The zero-order chi connectivity index (χ0) is 16.9. The number of carbonyl (C=O) groups excluding carboxylic acids is 1. The molecule has 3 heteroatoms. The van der Waals surface area contributed by atoms with Gasteiger partial charge in [0.15, 0.2) is 0 Å². The average molecular weight is 324 g/mol. The van der Waals surface area contributed by atoms with Gasteiger partial charge < -0.3 is 4.90 Å². The molecule has 0 radical (unpaired) electrons. The van der Waals surface area contributed by atoms with Crippen LogP contribution in [0.25, 0.3) is 10.8 Å². The molecular formula is C21H28N2O. The van der Waals surface area contributed by atoms with Crippen LogP contribution in [-0.2, 0) is 11.3 Å². The third-order valence-electron chi connectivity index (χ3n) is 5.15. The zero-order valence-electron chi connectivity index (χ0n) is 14.9. The van der Waals surface area contributed by atoms with Crippen LogP contribution in [-0.4, -0.2) is 41.9 Å². The van der Waals surface area contributed by atoms with Gasteiger partial charge in [0.25, 0.3) is 0 Å². The monoisotopic (exact) mass is 324 g/mol. The van der Waals surface area contributed by atoms with E-state index < -0.39 is 0 Å². The Morgan fingerprint density at radius 1 is 1.12 bits per heavy atom. The lowest BCUT2D eigenvalue weighted by molar-refractivity contribution is -0.137. The van der Waals surface area contributed by atoms with Crippen molar-refractivity contribution in [2.45, 2.75) is 33.2 Å². The molecule has 0 aliphatic carbocycles. The van der Waals surface area contributed by atoms with Gasteiger partial charge in [-0.25, -0.2) is 0 Å². The number of rotatable bonds is 5. The summed E-state index contributed by atoms with van der Waals surface area (Å²) in [6, 6.07) is 15.2. The summed E-state index contributed by atoms with van der Waals surface area (Å²) in [4.78, 5) is 17.1. The van der Waals surface area contributed by atoms with Gasteiger partial charge in [0.05, 0.1) is 5.92 Å². The van der Waals surface area contributed by atoms with E-state index in [1.54, 1.807) is 0 Å². The summed E-state index contributed by atoms with van der Waals surface area (Å²) in [6.45, 7) is 8.69. The molecule has 1 aliphatic rings. The molecule has 1 aliphatic heterocycles. The number of hydrogen-bond acceptors (Lipinski definition) is 2. The lowest BCUT2D eigenvalue weighted by Crippen LogP contribution is -2.44. The first-order valence-corrected chi connectivity index (χ1v) is 9.20. The Bertz CT molecular complexity index is 693. The Labute approximate surface area is 145 Å². The minimum Gasteiger partial charge on any atom is -0.343 e. The van der Waals surface area contributed by atoms with Gasteiger partial charge in [-0.2, -0.15) is 0 Å². The summed E-state index contributed by atoms with van der Waals surface area (Å²) < 4.78 is 0. The van der Waals surface area contributed by atoms with Crippen LogP contribution in [0.3, 0.4) is 0 Å². The molecule has 1 atom stereocenters. The molecule has 1 amide bonds. The molecule has 1 saturated heterocycles. The second-order valence-electron chi connectivity index (χ2n) is 6.77. The summed E-state index contributed by atoms with van der Waals surface area (Å²) in [6.07, 6.45) is 2.15. The average Bonchev–Trinajstić information content (AvgIpc) is 2.63. The fraction of sp³-hybridized carbons (Fsp3) is 0.476. The minimum absolute atomic E-state index is 0.166. The van der Waals surface area contributed by atoms with Crippen molar-refractivity contribution in [3.63, 3.8) is 0 Å². The molecule has 24 heavy (non-hydrogen) atoms. The molecule has 0 unspecified atom stereocenters. The Balaban J connectivity index is 1.67. The number of piperidine rings is 1. The highest BCUT2D eigenvalue weighted by Crippen LogP contribution is 2.22. The van der Waals surface area contributed by atoms with Crippen molar-refractivity contribution in [1.82, 2.24) is 9.80 Å². The highest BCUT2D eigenvalue weighted by molar-refractivity contribution is 5.83. The SMILES string of the molecule is CCN(CC)C(=O)[C@@H]1CCCN(Cc2ccc3ccccc3c2)C1. The number of benzene rings is 2. The summed E-state index contributed by atoms with van der Waals surface area (Å²) in [5, 5.41) is 2.58. The van der Waals surface area contributed by atoms with Crippen molar-refractivity contribution in [1.29, 1.82) is 0 Å². The first-order chi connectivity index (χ1) is 11.7. The second-order valence-corrected chi connectivity index (χ2v) is 6.77. The maximum Gasteiger partial charge on any atom is 0.226 e. The van der Waals surface area contributed by atoms with Crippen molar-refractivity contribution in [3.8, 4) is 0 Å². The highest BCUT2D eigenvalue weighted by Gasteiger charge is 2.28. The first kappa shape index (κ1) is 17.0. The van der Waals surface area contributed by atoms with Gasteiger partial charge in [-0.3, -0.25) is 9.69 Å². The van der Waals surface area contributed by atoms with Crippen molar-refractivity contribution in [2.75, 3.05) is 26.2 Å². The van der Waals surface area contributed by atoms with E-state index in [4.69, 9.17) is 0 Å². The lowest BCUT2D eigenvalue weighted by Gasteiger charge is -2.34. The molecule has 0 bridgehead atoms. The van der Waals surface area contributed by atoms with Crippen LogP contribution in [0.15, 0.2) is 42.5 Å². The Morgan fingerprint density at radius 3 is 2.62 bits per heavy atom. The lowest BCUT2D eigenvalue weighted by atomic mass is 9.95. The van der Waals surface area contributed by atoms with Crippen LogP contribution in [0.2, 0.25) is 0 Å². The fourth-order valence-corrected chi connectivity index (χ4v) is 3.79. The number of likely N-dealkylation sites (tertiary alicyclic amines) is 1. The molecule has 128 valence electrons. The fourth-order valence-electron chi connectivity index (χ4n) is 3.79. The van der Waals surface area contributed by atoms with E-state index in [1.165, 1.54) is 16.3 Å². The van der Waals surface area contributed by atoms with E-state index in [9.17, 15) is 4.79 Å². The van der Waals surface area contributed by atoms with E-state index in [0.717, 1.165) is 45.6 Å². The zero-order valence-corrected chi connectivity index (χ0v) is 14.9. The van der Waals surface area contributed by atoms with Crippen molar-refractivity contribution >= 4 is 16.7 Å². The van der Waals surface area contributed by atoms with E-state index >= 15 is 0 Å². The van der Waals surface area contributed by atoms with Gasteiger partial charge >= 0.3 is 0 Å². The van der Waals surface area contributed by atoms with E-state index in [-0.39, 0.29) is 5.92 Å². The number of fused-ring (bicyclic) bond motifs is 1. The van der Waals surface area contributed by atoms with Gasteiger partial charge in [0, 0.05) is 26.2 Å². The first-order valence-electron chi connectivity index (χ1n) is 9.20. The van der Waals surface area contributed by atoms with Crippen molar-refractivity contribution in [3.05, 3.63) is 48.0 Å². The Hall–Kier alpha value is -1.87. The highest BCUT2D eigenvalue weighted by atomic mass is 16.2. The molecule has 2 aromatic rings. The van der Waals surface area contributed by atoms with Crippen LogP contribution >= 0.6 is 0 Å². The summed E-state index contributed by atoms with van der Waals surface area (Å²) in [7, 11) is 0. The Kier molecular flexibility index (Phi) is 5.52. The molecule has 3 nitrogen and oxygen atoms in total. The van der Waals surface area contributed by atoms with Crippen LogP contribution in [0, 0.1) is 5.92 Å². The molecular weight excluding hydrogens is 296 g/mol. The molecule has 0 N–H and O–H groups in total. The molecule has 0 saturated carbocycles. The van der Waals surface area contributed by atoms with Gasteiger partial charge in [0.2, 0.25) is 5.91 Å². The van der Waals surface area contributed by atoms with Crippen molar-refractivity contribution in [2.24, 2.45) is 5.92 Å². The largest absolute Gasteiger partial charge is 0.343 e. The van der Waals surface area contributed by atoms with Gasteiger partial charge in [0.1, 0.15) is 0 Å². The normalized spacial score (nSPS) is 18.7. The Morgan fingerprint density at radius 2 is 1.88 bits per heavy atom. The van der Waals surface area contributed by atoms with E-state index in [1.807, 2.05) is 4.90 Å². The minimum atomic E-state index is 0.166. The standard InChI is InChI=1S/C21H28N2O/c1-3-23(4-2)21(24)20-10-7-13-22(16-20)15-17-11-12-18-8-5-6-9-19(18)14-17/h5-6,8-9,11-12,14,20H,3-4,7,10,13,15-16H2,1-2H3/t20-/m1/s1. The third kappa shape index (κ3) is 3.78. The molecule has 1 fully saturated rings. The molecule has 2 aromatic carbocycles. The molecule has 0 spiro atoms. The van der Waals surface area contributed by atoms with Crippen LogP contribution in [0.1, 0.15) is 32.3 Å².